The lowest BCUT2D eigenvalue weighted by atomic mass is 9.80. The SMILES string of the molecule is CC(C)n1cc(-c2ccc(CC(C#N)NC(=O)C3(NC(=O)O)CCCCC3)cc2)ccc1=O. The topological polar surface area (TPSA) is 124 Å². The van der Waals surface area contributed by atoms with Gasteiger partial charge in [0, 0.05) is 24.7 Å². The first kappa shape index (κ1) is 24.1. The third-order valence-corrected chi connectivity index (χ3v) is 6.17. The van der Waals surface area contributed by atoms with Gasteiger partial charge in [-0.1, -0.05) is 43.5 Å². The van der Waals surface area contributed by atoms with E-state index in [0.29, 0.717) is 19.3 Å². The molecule has 0 spiro atoms. The molecule has 8 heteroatoms. The molecular formula is C25H30N4O4. The van der Waals surface area contributed by atoms with Gasteiger partial charge in [0.1, 0.15) is 11.6 Å². The standard InChI is InChI=1S/C25H30N4O4/c1-17(2)29-16-20(10-11-22(29)30)19-8-6-18(7-9-19)14-21(15-26)27-23(31)25(28-24(32)33)12-4-3-5-13-25/h6-11,16-17,21,28H,3-5,12-14H2,1-2H3,(H,27,31)(H,32,33). The highest BCUT2D eigenvalue weighted by Crippen LogP contribution is 2.29. The Morgan fingerprint density at radius 2 is 1.73 bits per heavy atom. The van der Waals surface area contributed by atoms with E-state index in [2.05, 4.69) is 16.7 Å². The summed E-state index contributed by atoms with van der Waals surface area (Å²) in [5.74, 6) is -0.441. The summed E-state index contributed by atoms with van der Waals surface area (Å²) in [4.78, 5) is 36.2. The van der Waals surface area contributed by atoms with Crippen LogP contribution >= 0.6 is 0 Å². The van der Waals surface area contributed by atoms with Gasteiger partial charge in [-0.05, 0) is 49.4 Å². The van der Waals surface area contributed by atoms with E-state index in [0.717, 1.165) is 36.0 Å². The summed E-state index contributed by atoms with van der Waals surface area (Å²) in [6, 6.07) is 12.4. The Kier molecular flexibility index (Phi) is 7.54. The van der Waals surface area contributed by atoms with E-state index in [1.54, 1.807) is 16.7 Å². The summed E-state index contributed by atoms with van der Waals surface area (Å²) in [6.45, 7) is 3.90. The highest BCUT2D eigenvalue weighted by Gasteiger charge is 2.41. The van der Waals surface area contributed by atoms with E-state index < -0.39 is 23.6 Å². The van der Waals surface area contributed by atoms with Crippen molar-refractivity contribution < 1.29 is 14.7 Å². The Balaban J connectivity index is 1.71. The lowest BCUT2D eigenvalue weighted by Gasteiger charge is -2.36. The average Bonchev–Trinajstić information content (AvgIpc) is 2.79. The van der Waals surface area contributed by atoms with Crippen molar-refractivity contribution in [2.45, 2.75) is 70.0 Å². The van der Waals surface area contributed by atoms with Gasteiger partial charge in [0.25, 0.3) is 5.56 Å². The number of nitriles is 1. The number of carboxylic acid groups (broad SMARTS) is 1. The molecule has 1 aliphatic carbocycles. The molecule has 0 bridgehead atoms. The van der Waals surface area contributed by atoms with Crippen LogP contribution in [0.15, 0.2) is 47.4 Å². The molecule has 1 unspecified atom stereocenters. The first-order chi connectivity index (χ1) is 15.7. The molecule has 1 atom stereocenters. The predicted octanol–water partition coefficient (Wildman–Crippen LogP) is 3.62. The van der Waals surface area contributed by atoms with Crippen molar-refractivity contribution in [3.63, 3.8) is 0 Å². The van der Waals surface area contributed by atoms with Gasteiger partial charge in [0.05, 0.1) is 6.07 Å². The normalized spacial score (nSPS) is 15.9. The molecule has 1 aliphatic rings. The molecule has 3 N–H and O–H groups in total. The Morgan fingerprint density at radius 1 is 1.09 bits per heavy atom. The molecular weight excluding hydrogens is 420 g/mol. The Labute approximate surface area is 193 Å². The van der Waals surface area contributed by atoms with E-state index >= 15 is 0 Å². The molecule has 174 valence electrons. The number of benzene rings is 1. The third-order valence-electron chi connectivity index (χ3n) is 6.17. The van der Waals surface area contributed by atoms with Crippen LogP contribution < -0.4 is 16.2 Å². The molecule has 2 aromatic rings. The second-order valence-electron chi connectivity index (χ2n) is 8.89. The summed E-state index contributed by atoms with van der Waals surface area (Å²) in [5, 5.41) is 24.0. The summed E-state index contributed by atoms with van der Waals surface area (Å²) < 4.78 is 1.68. The minimum absolute atomic E-state index is 0.0499. The second kappa shape index (κ2) is 10.3. The van der Waals surface area contributed by atoms with Crippen LogP contribution in [0.4, 0.5) is 4.79 Å². The summed E-state index contributed by atoms with van der Waals surface area (Å²) in [6.07, 6.45) is 4.23. The fraction of sp³-hybridized carbons (Fsp3) is 0.440. The lowest BCUT2D eigenvalue weighted by Crippen LogP contribution is -2.61. The number of aromatic nitrogens is 1. The molecule has 1 aromatic carbocycles. The van der Waals surface area contributed by atoms with Crippen LogP contribution in [0.3, 0.4) is 0 Å². The number of amides is 2. The maximum Gasteiger partial charge on any atom is 0.405 e. The van der Waals surface area contributed by atoms with Gasteiger partial charge < -0.3 is 20.3 Å². The third kappa shape index (κ3) is 5.80. The number of hydrogen-bond acceptors (Lipinski definition) is 4. The van der Waals surface area contributed by atoms with Crippen molar-refractivity contribution in [3.8, 4) is 17.2 Å². The van der Waals surface area contributed by atoms with Gasteiger partial charge in [0.2, 0.25) is 5.91 Å². The zero-order valence-electron chi connectivity index (χ0n) is 19.0. The molecule has 3 rings (SSSR count). The fourth-order valence-electron chi connectivity index (χ4n) is 4.34. The van der Waals surface area contributed by atoms with Crippen LogP contribution in [0, 0.1) is 11.3 Å². The Bertz CT molecular complexity index is 1090. The van der Waals surface area contributed by atoms with Crippen molar-refractivity contribution in [1.29, 1.82) is 5.26 Å². The highest BCUT2D eigenvalue weighted by atomic mass is 16.4. The average molecular weight is 451 g/mol. The van der Waals surface area contributed by atoms with Crippen LogP contribution in [0.5, 0.6) is 0 Å². The lowest BCUT2D eigenvalue weighted by molar-refractivity contribution is -0.129. The van der Waals surface area contributed by atoms with Crippen LogP contribution in [-0.4, -0.2) is 33.3 Å². The monoisotopic (exact) mass is 450 g/mol. The quantitative estimate of drug-likeness (QED) is 0.594. The van der Waals surface area contributed by atoms with E-state index in [1.165, 1.54) is 0 Å². The number of nitrogens with zero attached hydrogens (tertiary/aromatic N) is 2. The van der Waals surface area contributed by atoms with E-state index in [4.69, 9.17) is 0 Å². The van der Waals surface area contributed by atoms with Gasteiger partial charge >= 0.3 is 6.09 Å². The van der Waals surface area contributed by atoms with Crippen molar-refractivity contribution in [3.05, 3.63) is 58.5 Å². The van der Waals surface area contributed by atoms with Gasteiger partial charge in [-0.3, -0.25) is 9.59 Å². The van der Waals surface area contributed by atoms with Crippen LogP contribution in [0.25, 0.3) is 11.1 Å². The summed E-state index contributed by atoms with van der Waals surface area (Å²) in [5.41, 5.74) is 1.50. The second-order valence-corrected chi connectivity index (χ2v) is 8.89. The number of hydrogen-bond donors (Lipinski definition) is 3. The maximum absolute atomic E-state index is 13.0. The summed E-state index contributed by atoms with van der Waals surface area (Å²) in [7, 11) is 0. The number of nitrogens with one attached hydrogen (secondary N) is 2. The maximum atomic E-state index is 13.0. The largest absolute Gasteiger partial charge is 0.465 e. The molecule has 0 aliphatic heterocycles. The molecule has 33 heavy (non-hydrogen) atoms. The van der Waals surface area contributed by atoms with Crippen LogP contribution in [-0.2, 0) is 11.2 Å². The molecule has 1 heterocycles. The molecule has 8 nitrogen and oxygen atoms in total. The number of rotatable bonds is 7. The summed E-state index contributed by atoms with van der Waals surface area (Å²) >= 11 is 0. The minimum Gasteiger partial charge on any atom is -0.465 e. The fourth-order valence-corrected chi connectivity index (χ4v) is 4.34. The first-order valence-electron chi connectivity index (χ1n) is 11.3. The smallest absolute Gasteiger partial charge is 0.405 e. The van der Waals surface area contributed by atoms with E-state index in [9.17, 15) is 24.8 Å². The molecule has 1 saturated carbocycles. The Morgan fingerprint density at radius 3 is 2.30 bits per heavy atom. The van der Waals surface area contributed by atoms with Crippen molar-refractivity contribution in [1.82, 2.24) is 15.2 Å². The molecule has 1 fully saturated rings. The van der Waals surface area contributed by atoms with Crippen molar-refractivity contribution in [2.24, 2.45) is 0 Å². The zero-order valence-corrected chi connectivity index (χ0v) is 19.0. The van der Waals surface area contributed by atoms with E-state index in [-0.39, 0.29) is 11.6 Å². The van der Waals surface area contributed by atoms with Crippen LogP contribution in [0.1, 0.15) is 57.6 Å². The molecule has 1 aromatic heterocycles. The van der Waals surface area contributed by atoms with E-state index in [1.807, 2.05) is 44.3 Å². The van der Waals surface area contributed by atoms with Crippen LogP contribution in [0.2, 0.25) is 0 Å². The minimum atomic E-state index is -1.24. The van der Waals surface area contributed by atoms with Gasteiger partial charge in [-0.25, -0.2) is 4.79 Å². The molecule has 0 radical (unpaired) electrons. The zero-order chi connectivity index (χ0) is 24.0. The van der Waals surface area contributed by atoms with Gasteiger partial charge in [-0.15, -0.1) is 0 Å². The Hall–Kier alpha value is -3.60. The number of carbonyl (C=O) groups is 2. The first-order valence-corrected chi connectivity index (χ1v) is 11.3. The van der Waals surface area contributed by atoms with Gasteiger partial charge in [0.15, 0.2) is 0 Å². The molecule has 2 amide bonds. The molecule has 0 saturated heterocycles. The van der Waals surface area contributed by atoms with Gasteiger partial charge in [-0.2, -0.15) is 5.26 Å². The number of pyridine rings is 1. The highest BCUT2D eigenvalue weighted by molar-refractivity contribution is 5.90. The van der Waals surface area contributed by atoms with Crippen molar-refractivity contribution in [2.75, 3.05) is 0 Å². The number of carbonyl (C=O) groups excluding carboxylic acids is 1. The van der Waals surface area contributed by atoms with Crippen molar-refractivity contribution >= 4 is 12.0 Å². The predicted molar refractivity (Wildman–Crippen MR) is 125 cm³/mol.